The normalized spacial score (nSPS) is 10.8. The van der Waals surface area contributed by atoms with Crippen molar-refractivity contribution in [2.24, 2.45) is 5.73 Å². The fourth-order valence-corrected chi connectivity index (χ4v) is 1.64. The molecule has 3 N–H and O–H groups in total. The lowest BCUT2D eigenvalue weighted by Gasteiger charge is -2.15. The van der Waals surface area contributed by atoms with Crippen molar-refractivity contribution in [1.82, 2.24) is 0 Å². The Morgan fingerprint density at radius 2 is 2.00 bits per heavy atom. The van der Waals surface area contributed by atoms with Crippen LogP contribution in [-0.2, 0) is 15.7 Å². The molecule has 0 saturated heterocycles. The smallest absolute Gasteiger partial charge is 0.416 e. The Morgan fingerprint density at radius 3 is 2.57 bits per heavy atom. The van der Waals surface area contributed by atoms with Crippen LogP contribution in [-0.4, -0.2) is 32.8 Å². The number of carbonyl (C=O) groups excluding carboxylic acids is 1. The molecule has 0 bridgehead atoms. The average molecular weight is 357 g/mol. The summed E-state index contributed by atoms with van der Waals surface area (Å²) in [6, 6.07) is 2.93. The lowest BCUT2D eigenvalue weighted by atomic mass is 10.1. The van der Waals surface area contributed by atoms with E-state index in [2.05, 4.69) is 5.32 Å². The van der Waals surface area contributed by atoms with E-state index in [0.717, 1.165) is 12.1 Å². The zero-order valence-electron chi connectivity index (χ0n) is 12.6. The van der Waals surface area contributed by atoms with Gasteiger partial charge in [0, 0.05) is 13.5 Å². The number of hydrogen-bond acceptors (Lipinski definition) is 4. The SMILES string of the molecule is COCCOc1ccc(C(F)(F)F)cc1NC(=O)CCCN.Cl. The number of anilines is 1. The molecular formula is C14H20ClF3N2O3. The summed E-state index contributed by atoms with van der Waals surface area (Å²) in [5.41, 5.74) is 4.41. The molecule has 132 valence electrons. The minimum atomic E-state index is -4.50. The average Bonchev–Trinajstić information content (AvgIpc) is 2.45. The minimum Gasteiger partial charge on any atom is -0.489 e. The Labute approximate surface area is 138 Å². The van der Waals surface area contributed by atoms with Gasteiger partial charge in [0.1, 0.15) is 12.4 Å². The monoisotopic (exact) mass is 356 g/mol. The lowest BCUT2D eigenvalue weighted by molar-refractivity contribution is -0.137. The molecule has 9 heteroatoms. The number of nitrogens with two attached hydrogens (primary N) is 1. The molecule has 23 heavy (non-hydrogen) atoms. The molecule has 0 radical (unpaired) electrons. The van der Waals surface area contributed by atoms with Crippen LogP contribution in [0, 0.1) is 0 Å². The van der Waals surface area contributed by atoms with Crippen molar-refractivity contribution in [3.05, 3.63) is 23.8 Å². The molecule has 1 rings (SSSR count). The Hall–Kier alpha value is -1.51. The standard InChI is InChI=1S/C14H19F3N2O3.ClH/c1-21-7-8-22-12-5-4-10(14(15,16)17)9-11(12)19-13(20)3-2-6-18;/h4-5,9H,2-3,6-8,18H2,1H3,(H,19,20);1H. The van der Waals surface area contributed by atoms with Crippen LogP contribution in [0.1, 0.15) is 18.4 Å². The number of nitrogens with one attached hydrogen (secondary N) is 1. The number of amides is 1. The first-order valence-electron chi connectivity index (χ1n) is 6.71. The molecule has 0 aliphatic rings. The van der Waals surface area contributed by atoms with E-state index < -0.39 is 17.6 Å². The highest BCUT2D eigenvalue weighted by atomic mass is 35.5. The van der Waals surface area contributed by atoms with Gasteiger partial charge in [0.15, 0.2) is 0 Å². The number of methoxy groups -OCH3 is 1. The molecule has 0 aliphatic heterocycles. The Balaban J connectivity index is 0.00000484. The number of carbonyl (C=O) groups is 1. The van der Waals surface area contributed by atoms with Crippen LogP contribution in [0.15, 0.2) is 18.2 Å². The second kappa shape index (κ2) is 10.3. The summed E-state index contributed by atoms with van der Waals surface area (Å²) < 4.78 is 48.4. The molecule has 0 spiro atoms. The van der Waals surface area contributed by atoms with Gasteiger partial charge in [-0.15, -0.1) is 12.4 Å². The molecule has 1 aromatic rings. The maximum Gasteiger partial charge on any atom is 0.416 e. The van der Waals surface area contributed by atoms with Gasteiger partial charge in [-0.3, -0.25) is 4.79 Å². The fraction of sp³-hybridized carbons (Fsp3) is 0.500. The van der Waals surface area contributed by atoms with Crippen LogP contribution >= 0.6 is 12.4 Å². The van der Waals surface area contributed by atoms with E-state index in [-0.39, 0.29) is 43.5 Å². The third-order valence-electron chi connectivity index (χ3n) is 2.73. The number of benzene rings is 1. The molecule has 0 heterocycles. The largest absolute Gasteiger partial charge is 0.489 e. The van der Waals surface area contributed by atoms with Crippen LogP contribution in [0.5, 0.6) is 5.75 Å². The van der Waals surface area contributed by atoms with Gasteiger partial charge >= 0.3 is 6.18 Å². The number of alkyl halides is 3. The van der Waals surface area contributed by atoms with Crippen molar-refractivity contribution < 1.29 is 27.4 Å². The molecule has 1 amide bonds. The molecule has 1 aromatic carbocycles. The van der Waals surface area contributed by atoms with Crippen LogP contribution in [0.3, 0.4) is 0 Å². The minimum absolute atomic E-state index is 0. The highest BCUT2D eigenvalue weighted by Crippen LogP contribution is 2.35. The van der Waals surface area contributed by atoms with Gasteiger partial charge in [-0.1, -0.05) is 0 Å². The summed E-state index contributed by atoms with van der Waals surface area (Å²) in [6.45, 7) is 0.766. The predicted molar refractivity (Wildman–Crippen MR) is 83.0 cm³/mol. The van der Waals surface area contributed by atoms with E-state index in [1.54, 1.807) is 0 Å². The molecule has 0 atom stereocenters. The quantitative estimate of drug-likeness (QED) is 0.702. The van der Waals surface area contributed by atoms with E-state index in [9.17, 15) is 18.0 Å². The van der Waals surface area contributed by atoms with Crippen molar-refractivity contribution in [3.63, 3.8) is 0 Å². The van der Waals surface area contributed by atoms with Gasteiger partial charge in [0.05, 0.1) is 17.9 Å². The molecule has 0 unspecified atom stereocenters. The van der Waals surface area contributed by atoms with E-state index in [4.69, 9.17) is 15.2 Å². The maximum atomic E-state index is 12.8. The summed E-state index contributed by atoms with van der Waals surface area (Å²) >= 11 is 0. The predicted octanol–water partition coefficient (Wildman–Crippen LogP) is 2.83. The first-order chi connectivity index (χ1) is 10.4. The third kappa shape index (κ3) is 7.54. The van der Waals surface area contributed by atoms with Crippen molar-refractivity contribution in [2.45, 2.75) is 19.0 Å². The lowest BCUT2D eigenvalue weighted by Crippen LogP contribution is -2.16. The van der Waals surface area contributed by atoms with E-state index in [1.807, 2.05) is 0 Å². The second-order valence-corrected chi connectivity index (χ2v) is 4.49. The zero-order chi connectivity index (χ0) is 16.6. The summed E-state index contributed by atoms with van der Waals surface area (Å²) in [5.74, 6) is -0.257. The van der Waals surface area contributed by atoms with Crippen LogP contribution < -0.4 is 15.8 Å². The van der Waals surface area contributed by atoms with Gasteiger partial charge in [0.25, 0.3) is 0 Å². The van der Waals surface area contributed by atoms with Crippen LogP contribution in [0.4, 0.5) is 18.9 Å². The van der Waals surface area contributed by atoms with Gasteiger partial charge in [-0.25, -0.2) is 0 Å². The van der Waals surface area contributed by atoms with Gasteiger partial charge in [-0.05, 0) is 31.2 Å². The fourth-order valence-electron chi connectivity index (χ4n) is 1.64. The van der Waals surface area contributed by atoms with Crippen molar-refractivity contribution in [2.75, 3.05) is 32.2 Å². The van der Waals surface area contributed by atoms with Crippen molar-refractivity contribution in [3.8, 4) is 5.75 Å². The molecule has 5 nitrogen and oxygen atoms in total. The first kappa shape index (κ1) is 21.5. The third-order valence-corrected chi connectivity index (χ3v) is 2.73. The highest BCUT2D eigenvalue weighted by Gasteiger charge is 2.31. The molecule has 0 aromatic heterocycles. The Morgan fingerprint density at radius 1 is 1.30 bits per heavy atom. The van der Waals surface area contributed by atoms with E-state index in [0.29, 0.717) is 13.0 Å². The van der Waals surface area contributed by atoms with Gasteiger partial charge in [-0.2, -0.15) is 13.2 Å². The number of rotatable bonds is 8. The summed E-state index contributed by atoms with van der Waals surface area (Å²) in [7, 11) is 1.48. The van der Waals surface area contributed by atoms with Crippen LogP contribution in [0.25, 0.3) is 0 Å². The summed E-state index contributed by atoms with van der Waals surface area (Å²) in [4.78, 5) is 11.7. The number of halogens is 4. The highest BCUT2D eigenvalue weighted by molar-refractivity contribution is 5.92. The molecule has 0 fully saturated rings. The maximum absolute atomic E-state index is 12.8. The van der Waals surface area contributed by atoms with Crippen molar-refractivity contribution in [1.29, 1.82) is 0 Å². The van der Waals surface area contributed by atoms with E-state index >= 15 is 0 Å². The number of hydrogen-bond donors (Lipinski definition) is 2. The van der Waals surface area contributed by atoms with Crippen molar-refractivity contribution >= 4 is 24.0 Å². The second-order valence-electron chi connectivity index (χ2n) is 4.49. The molecular weight excluding hydrogens is 337 g/mol. The molecule has 0 aliphatic carbocycles. The van der Waals surface area contributed by atoms with E-state index in [1.165, 1.54) is 13.2 Å². The Bertz CT molecular complexity index is 499. The first-order valence-corrected chi connectivity index (χ1v) is 6.71. The zero-order valence-corrected chi connectivity index (χ0v) is 13.4. The topological polar surface area (TPSA) is 73.6 Å². The number of ether oxygens (including phenoxy) is 2. The van der Waals surface area contributed by atoms with Gasteiger partial charge in [0.2, 0.25) is 5.91 Å². The Kier molecular flexibility index (Phi) is 9.62. The summed E-state index contributed by atoms with van der Waals surface area (Å²) in [5, 5.41) is 2.42. The molecule has 0 saturated carbocycles. The summed E-state index contributed by atoms with van der Waals surface area (Å²) in [6.07, 6.45) is -3.92. The van der Waals surface area contributed by atoms with Crippen LogP contribution in [0.2, 0.25) is 0 Å². The van der Waals surface area contributed by atoms with Gasteiger partial charge < -0.3 is 20.5 Å².